The molecule has 0 heterocycles. The van der Waals surface area contributed by atoms with Crippen molar-refractivity contribution in [3.05, 3.63) is 11.6 Å². The van der Waals surface area contributed by atoms with Gasteiger partial charge in [0.15, 0.2) is 0 Å². The molecule has 4 aliphatic carbocycles. The second kappa shape index (κ2) is 6.13. The number of ether oxygens (including phenoxy) is 1. The van der Waals surface area contributed by atoms with Crippen molar-refractivity contribution in [2.24, 2.45) is 28.6 Å². The molecule has 7 atom stereocenters. The third-order valence-corrected chi connectivity index (χ3v) is 8.53. The summed E-state index contributed by atoms with van der Waals surface area (Å²) in [4.78, 5) is 0. The molecule has 0 radical (unpaired) electrons. The Labute approximate surface area is 148 Å². The fourth-order valence-electron chi connectivity index (χ4n) is 7.20. The van der Waals surface area contributed by atoms with Gasteiger partial charge in [-0.05, 0) is 86.4 Å². The van der Waals surface area contributed by atoms with Gasteiger partial charge in [0.1, 0.15) is 0 Å². The lowest BCUT2D eigenvalue weighted by Crippen LogP contribution is -2.51. The summed E-state index contributed by atoms with van der Waals surface area (Å²) in [6.45, 7) is 8.21. The second-order valence-corrected chi connectivity index (χ2v) is 9.61. The van der Waals surface area contributed by atoms with Crippen molar-refractivity contribution in [2.75, 3.05) is 6.61 Å². The van der Waals surface area contributed by atoms with Crippen LogP contribution in [0.5, 0.6) is 0 Å². The van der Waals surface area contributed by atoms with E-state index in [0.29, 0.717) is 16.9 Å². The molecule has 0 aliphatic heterocycles. The van der Waals surface area contributed by atoms with Crippen molar-refractivity contribution in [1.82, 2.24) is 0 Å². The van der Waals surface area contributed by atoms with E-state index in [4.69, 9.17) is 4.74 Å². The molecule has 136 valence electrons. The van der Waals surface area contributed by atoms with Gasteiger partial charge in [-0.3, -0.25) is 0 Å². The van der Waals surface area contributed by atoms with Crippen molar-refractivity contribution >= 4 is 0 Å². The topological polar surface area (TPSA) is 29.5 Å². The molecule has 4 rings (SSSR count). The zero-order chi connectivity index (χ0) is 16.9. The highest BCUT2D eigenvalue weighted by Gasteiger charge is 2.59. The normalized spacial score (nSPS) is 50.7. The highest BCUT2D eigenvalue weighted by Crippen LogP contribution is 2.65. The molecule has 2 nitrogen and oxygen atoms in total. The Morgan fingerprint density at radius 1 is 1.08 bits per heavy atom. The van der Waals surface area contributed by atoms with Crippen molar-refractivity contribution < 1.29 is 9.84 Å². The zero-order valence-electron chi connectivity index (χ0n) is 15.9. The van der Waals surface area contributed by atoms with Crippen molar-refractivity contribution in [3.8, 4) is 0 Å². The van der Waals surface area contributed by atoms with E-state index in [-0.39, 0.29) is 6.10 Å². The fourth-order valence-corrected chi connectivity index (χ4v) is 7.20. The van der Waals surface area contributed by atoms with Gasteiger partial charge in [-0.25, -0.2) is 0 Å². The first kappa shape index (κ1) is 17.1. The number of hydrogen-bond donors (Lipinski definition) is 1. The molecule has 0 amide bonds. The smallest absolute Gasteiger partial charge is 0.0724 e. The Kier molecular flexibility index (Phi) is 4.36. The van der Waals surface area contributed by atoms with E-state index < -0.39 is 0 Å². The van der Waals surface area contributed by atoms with E-state index in [0.717, 1.165) is 37.2 Å². The Morgan fingerprint density at radius 3 is 2.71 bits per heavy atom. The zero-order valence-corrected chi connectivity index (χ0v) is 15.9. The number of hydrogen-bond acceptors (Lipinski definition) is 2. The quantitative estimate of drug-likeness (QED) is 0.728. The third-order valence-electron chi connectivity index (χ3n) is 8.53. The van der Waals surface area contributed by atoms with E-state index in [1.807, 2.05) is 0 Å². The molecule has 0 bridgehead atoms. The Bertz CT molecular complexity index is 512. The summed E-state index contributed by atoms with van der Waals surface area (Å²) in [5, 5.41) is 10.1. The summed E-state index contributed by atoms with van der Waals surface area (Å²) in [6, 6.07) is 0. The van der Waals surface area contributed by atoms with Crippen LogP contribution in [-0.2, 0) is 4.74 Å². The molecule has 0 aromatic rings. The van der Waals surface area contributed by atoms with Crippen LogP contribution < -0.4 is 0 Å². The number of aliphatic hydroxyl groups excluding tert-OH is 1. The predicted octanol–water partition coefficient (Wildman–Crippen LogP) is 5.11. The first-order valence-corrected chi connectivity index (χ1v) is 10.5. The van der Waals surface area contributed by atoms with E-state index >= 15 is 0 Å². The summed E-state index contributed by atoms with van der Waals surface area (Å²) in [5.74, 6) is 2.59. The van der Waals surface area contributed by atoms with Gasteiger partial charge in [-0.15, -0.1) is 0 Å². The lowest BCUT2D eigenvalue weighted by molar-refractivity contribution is -0.0969. The summed E-state index contributed by atoms with van der Waals surface area (Å²) < 4.78 is 6.31. The van der Waals surface area contributed by atoms with Crippen LogP contribution in [0.3, 0.4) is 0 Å². The average Bonchev–Trinajstić information content (AvgIpc) is 2.90. The Hall–Kier alpha value is -0.340. The predicted molar refractivity (Wildman–Crippen MR) is 97.7 cm³/mol. The van der Waals surface area contributed by atoms with E-state index in [1.165, 1.54) is 44.9 Å². The molecule has 3 fully saturated rings. The first-order valence-electron chi connectivity index (χ1n) is 10.5. The number of rotatable bonds is 3. The minimum absolute atomic E-state index is 0.184. The summed E-state index contributed by atoms with van der Waals surface area (Å²) >= 11 is 0. The Morgan fingerprint density at radius 2 is 1.92 bits per heavy atom. The summed E-state index contributed by atoms with van der Waals surface area (Å²) in [5.41, 5.74) is 2.37. The molecular formula is C22H36O2. The van der Waals surface area contributed by atoms with Gasteiger partial charge in [0.25, 0.3) is 0 Å². The minimum atomic E-state index is -0.184. The first-order chi connectivity index (χ1) is 11.5. The van der Waals surface area contributed by atoms with Gasteiger partial charge >= 0.3 is 0 Å². The van der Waals surface area contributed by atoms with E-state index in [9.17, 15) is 5.11 Å². The molecule has 0 spiro atoms. The van der Waals surface area contributed by atoms with Gasteiger partial charge in [0, 0.05) is 6.61 Å². The Balaban J connectivity index is 1.58. The van der Waals surface area contributed by atoms with E-state index in [1.54, 1.807) is 5.57 Å². The van der Waals surface area contributed by atoms with Crippen LogP contribution in [0.25, 0.3) is 0 Å². The monoisotopic (exact) mass is 332 g/mol. The number of aliphatic hydroxyl groups is 1. The highest BCUT2D eigenvalue weighted by molar-refractivity contribution is 5.25. The van der Waals surface area contributed by atoms with Crippen LogP contribution >= 0.6 is 0 Å². The number of fused-ring (bicyclic) bond motifs is 5. The van der Waals surface area contributed by atoms with Crippen LogP contribution in [-0.4, -0.2) is 23.9 Å². The maximum absolute atomic E-state index is 10.1. The third kappa shape index (κ3) is 2.43. The van der Waals surface area contributed by atoms with Gasteiger partial charge in [-0.2, -0.15) is 0 Å². The van der Waals surface area contributed by atoms with Crippen LogP contribution in [0, 0.1) is 28.6 Å². The van der Waals surface area contributed by atoms with E-state index in [2.05, 4.69) is 26.8 Å². The lowest BCUT2D eigenvalue weighted by Gasteiger charge is -2.58. The fraction of sp³-hybridized carbons (Fsp3) is 0.909. The molecule has 0 aromatic carbocycles. The molecule has 3 saturated carbocycles. The van der Waals surface area contributed by atoms with Crippen molar-refractivity contribution in [3.63, 3.8) is 0 Å². The molecule has 0 unspecified atom stereocenters. The maximum atomic E-state index is 10.1. The largest absolute Gasteiger partial charge is 0.389 e. The minimum Gasteiger partial charge on any atom is -0.389 e. The summed E-state index contributed by atoms with van der Waals surface area (Å²) in [6.07, 6.45) is 13.8. The summed E-state index contributed by atoms with van der Waals surface area (Å²) in [7, 11) is 0. The molecular weight excluding hydrogens is 296 g/mol. The average molecular weight is 333 g/mol. The van der Waals surface area contributed by atoms with Gasteiger partial charge in [0.05, 0.1) is 12.2 Å². The highest BCUT2D eigenvalue weighted by atomic mass is 16.5. The molecule has 24 heavy (non-hydrogen) atoms. The van der Waals surface area contributed by atoms with Crippen molar-refractivity contribution in [2.45, 2.75) is 90.8 Å². The van der Waals surface area contributed by atoms with Gasteiger partial charge < -0.3 is 9.84 Å². The maximum Gasteiger partial charge on any atom is 0.0724 e. The molecule has 2 heteroatoms. The second-order valence-electron chi connectivity index (χ2n) is 9.61. The molecule has 0 saturated heterocycles. The van der Waals surface area contributed by atoms with Crippen LogP contribution in [0.1, 0.15) is 78.6 Å². The number of allylic oxidation sites excluding steroid dienone is 1. The van der Waals surface area contributed by atoms with Gasteiger partial charge in [0.2, 0.25) is 0 Å². The van der Waals surface area contributed by atoms with Gasteiger partial charge in [-0.1, -0.05) is 32.4 Å². The SMILES string of the molecule is CCCO[C@H]1CC[C@H]2[C@@H]3CCC4=C[C@@H](O)CC[C@]4(C)[C@H]3CC[C@]12C. The molecule has 0 aromatic heterocycles. The standard InChI is InChI=1S/C22H36O2/c1-4-13-24-20-8-7-18-17-6-5-15-14-16(23)9-11-21(15,2)19(17)10-12-22(18,20)3/h14,16-20,23H,4-13H2,1-3H3/t16-,17-,18-,19-,20-,21-,22-/m0/s1. The van der Waals surface area contributed by atoms with Crippen LogP contribution in [0.2, 0.25) is 0 Å². The van der Waals surface area contributed by atoms with Crippen LogP contribution in [0.15, 0.2) is 11.6 Å². The molecule has 1 N–H and O–H groups in total. The van der Waals surface area contributed by atoms with Crippen LogP contribution in [0.4, 0.5) is 0 Å². The van der Waals surface area contributed by atoms with Crippen molar-refractivity contribution in [1.29, 1.82) is 0 Å². The lowest BCUT2D eigenvalue weighted by atomic mass is 9.47. The molecule has 4 aliphatic rings.